The number of hydrogen-bond acceptors (Lipinski definition) is 4. The number of rotatable bonds is 4. The molecule has 4 aromatic rings. The summed E-state index contributed by atoms with van der Waals surface area (Å²) in [7, 11) is 0. The lowest BCUT2D eigenvalue weighted by Gasteiger charge is -2.09. The van der Waals surface area contributed by atoms with E-state index in [-0.39, 0.29) is 11.7 Å². The van der Waals surface area contributed by atoms with Crippen LogP contribution in [0.15, 0.2) is 58.2 Å². The molecule has 0 bridgehead atoms. The van der Waals surface area contributed by atoms with Gasteiger partial charge in [0.05, 0.1) is 17.0 Å². The largest absolute Gasteiger partial charge is 0.324 e. The molecule has 0 unspecified atom stereocenters. The highest BCUT2D eigenvalue weighted by atomic mass is 79.9. The molecule has 1 N–H and O–H groups in total. The molecule has 2 aromatic carbocycles. The molecule has 2 heterocycles. The van der Waals surface area contributed by atoms with Crippen molar-refractivity contribution in [1.29, 1.82) is 0 Å². The number of thioether (sulfide) groups is 1. The van der Waals surface area contributed by atoms with Gasteiger partial charge in [0.25, 0.3) is 0 Å². The summed E-state index contributed by atoms with van der Waals surface area (Å²) in [5, 5.41) is 13.3. The maximum absolute atomic E-state index is 12.4. The number of hydrogen-bond donors (Lipinski definition) is 1. The number of aromatic nitrogens is 3. The summed E-state index contributed by atoms with van der Waals surface area (Å²) in [5.41, 5.74) is 4.88. The van der Waals surface area contributed by atoms with Crippen molar-refractivity contribution in [3.8, 4) is 0 Å². The predicted molar refractivity (Wildman–Crippen MR) is 113 cm³/mol. The minimum Gasteiger partial charge on any atom is -0.324 e. The number of pyridine rings is 1. The highest BCUT2D eigenvalue weighted by Gasteiger charge is 2.13. The zero-order valence-corrected chi connectivity index (χ0v) is 17.3. The maximum Gasteiger partial charge on any atom is 0.234 e. The first kappa shape index (κ1) is 18.0. The van der Waals surface area contributed by atoms with Crippen LogP contribution >= 0.6 is 27.7 Å². The number of anilines is 1. The lowest BCUT2D eigenvalue weighted by Crippen LogP contribution is -2.14. The van der Waals surface area contributed by atoms with E-state index in [9.17, 15) is 4.79 Å². The van der Waals surface area contributed by atoms with Gasteiger partial charge in [-0.25, -0.2) is 0 Å². The second-order valence-corrected chi connectivity index (χ2v) is 8.14. The Kier molecular flexibility index (Phi) is 4.88. The highest BCUT2D eigenvalue weighted by molar-refractivity contribution is 9.10. The fourth-order valence-corrected chi connectivity index (χ4v) is 4.35. The van der Waals surface area contributed by atoms with Crippen LogP contribution in [0, 0.1) is 13.8 Å². The molecule has 1 amide bonds. The molecular formula is C20H17BrN4OS. The van der Waals surface area contributed by atoms with Crippen molar-refractivity contribution in [2.24, 2.45) is 0 Å². The molecule has 27 heavy (non-hydrogen) atoms. The lowest BCUT2D eigenvalue weighted by molar-refractivity contribution is -0.113. The minimum absolute atomic E-state index is 0.0854. The van der Waals surface area contributed by atoms with Gasteiger partial charge in [-0.3, -0.25) is 9.20 Å². The summed E-state index contributed by atoms with van der Waals surface area (Å²) in [6, 6.07) is 16.0. The van der Waals surface area contributed by atoms with Gasteiger partial charge in [0, 0.05) is 9.86 Å². The third-order valence-corrected chi connectivity index (χ3v) is 5.89. The number of carbonyl (C=O) groups excluding carboxylic acids is 1. The molecule has 0 radical (unpaired) electrons. The van der Waals surface area contributed by atoms with Gasteiger partial charge in [-0.05, 0) is 65.2 Å². The first-order valence-corrected chi connectivity index (χ1v) is 10.2. The Bertz CT molecular complexity index is 1170. The van der Waals surface area contributed by atoms with Crippen molar-refractivity contribution in [3.05, 3.63) is 64.1 Å². The van der Waals surface area contributed by atoms with Crippen LogP contribution in [0.4, 0.5) is 5.69 Å². The molecule has 136 valence electrons. The van der Waals surface area contributed by atoms with E-state index in [4.69, 9.17) is 0 Å². The van der Waals surface area contributed by atoms with Crippen molar-refractivity contribution in [1.82, 2.24) is 14.6 Å². The normalized spacial score (nSPS) is 11.2. The van der Waals surface area contributed by atoms with Gasteiger partial charge in [-0.2, -0.15) is 0 Å². The van der Waals surface area contributed by atoms with Gasteiger partial charge >= 0.3 is 0 Å². The summed E-state index contributed by atoms with van der Waals surface area (Å²) in [5.74, 6) is 0.168. The fraction of sp³-hybridized carbons (Fsp3) is 0.150. The number of carbonyl (C=O) groups is 1. The number of nitrogens with zero attached hydrogens (tertiary/aromatic N) is 3. The van der Waals surface area contributed by atoms with E-state index in [0.717, 1.165) is 37.8 Å². The average molecular weight is 441 g/mol. The van der Waals surface area contributed by atoms with Crippen LogP contribution in [0.2, 0.25) is 0 Å². The second kappa shape index (κ2) is 7.32. The number of nitrogens with one attached hydrogen (secondary N) is 1. The van der Waals surface area contributed by atoms with E-state index in [1.54, 1.807) is 0 Å². The summed E-state index contributed by atoms with van der Waals surface area (Å²) < 4.78 is 2.87. The third kappa shape index (κ3) is 3.57. The highest BCUT2D eigenvalue weighted by Crippen LogP contribution is 2.27. The van der Waals surface area contributed by atoms with Crippen molar-refractivity contribution in [2.75, 3.05) is 11.1 Å². The Balaban J connectivity index is 1.57. The first-order valence-electron chi connectivity index (χ1n) is 8.45. The lowest BCUT2D eigenvalue weighted by atomic mass is 10.1. The molecule has 0 aliphatic rings. The topological polar surface area (TPSA) is 59.3 Å². The number of amides is 1. The number of aryl methyl sites for hydroxylation is 2. The predicted octanol–water partition coefficient (Wildman–Crippen LogP) is 4.99. The molecule has 0 spiro atoms. The molecule has 7 heteroatoms. The van der Waals surface area contributed by atoms with Gasteiger partial charge in [0.1, 0.15) is 0 Å². The van der Waals surface area contributed by atoms with E-state index >= 15 is 0 Å². The number of benzene rings is 2. The van der Waals surface area contributed by atoms with Crippen LogP contribution < -0.4 is 5.32 Å². The zero-order valence-electron chi connectivity index (χ0n) is 14.9. The molecule has 0 saturated heterocycles. The molecule has 0 saturated carbocycles. The van der Waals surface area contributed by atoms with E-state index in [0.29, 0.717) is 5.16 Å². The number of para-hydroxylation sites is 1. The SMILES string of the molecule is Cc1ccc(NC(=O)CSc2nnc3cc(C)c4ccccc4n23)c(Br)c1. The Morgan fingerprint density at radius 3 is 2.78 bits per heavy atom. The summed E-state index contributed by atoms with van der Waals surface area (Å²) in [4.78, 5) is 12.4. The van der Waals surface area contributed by atoms with Crippen LogP contribution in [0.25, 0.3) is 16.6 Å². The van der Waals surface area contributed by atoms with Gasteiger partial charge in [0.2, 0.25) is 5.91 Å². The first-order chi connectivity index (χ1) is 13.0. The average Bonchev–Trinajstić information content (AvgIpc) is 3.05. The quantitative estimate of drug-likeness (QED) is 0.454. The minimum atomic E-state index is -0.0854. The molecule has 0 aliphatic heterocycles. The Morgan fingerprint density at radius 1 is 1.15 bits per heavy atom. The Hall–Kier alpha value is -2.38. The molecule has 2 aromatic heterocycles. The monoisotopic (exact) mass is 440 g/mol. The molecule has 0 fully saturated rings. The summed E-state index contributed by atoms with van der Waals surface area (Å²) >= 11 is 4.86. The van der Waals surface area contributed by atoms with E-state index in [1.165, 1.54) is 11.8 Å². The number of fused-ring (bicyclic) bond motifs is 3. The third-order valence-electron chi connectivity index (χ3n) is 4.30. The molecule has 0 aliphatic carbocycles. The van der Waals surface area contributed by atoms with Crippen LogP contribution in [-0.4, -0.2) is 26.3 Å². The van der Waals surface area contributed by atoms with Crippen LogP contribution in [0.1, 0.15) is 11.1 Å². The van der Waals surface area contributed by atoms with E-state index in [1.807, 2.05) is 53.8 Å². The molecule has 5 nitrogen and oxygen atoms in total. The van der Waals surface area contributed by atoms with Crippen molar-refractivity contribution in [2.45, 2.75) is 19.0 Å². The summed E-state index contributed by atoms with van der Waals surface area (Å²) in [6.07, 6.45) is 0. The zero-order chi connectivity index (χ0) is 19.0. The van der Waals surface area contributed by atoms with Crippen LogP contribution in [-0.2, 0) is 4.79 Å². The van der Waals surface area contributed by atoms with E-state index in [2.05, 4.69) is 44.4 Å². The van der Waals surface area contributed by atoms with Gasteiger partial charge < -0.3 is 5.32 Å². The smallest absolute Gasteiger partial charge is 0.234 e. The van der Waals surface area contributed by atoms with Gasteiger partial charge in [-0.15, -0.1) is 10.2 Å². The fourth-order valence-electron chi connectivity index (χ4n) is 3.01. The van der Waals surface area contributed by atoms with Gasteiger partial charge in [-0.1, -0.05) is 36.0 Å². The van der Waals surface area contributed by atoms with Gasteiger partial charge in [0.15, 0.2) is 10.8 Å². The molecular weight excluding hydrogens is 424 g/mol. The maximum atomic E-state index is 12.4. The van der Waals surface area contributed by atoms with Crippen LogP contribution in [0.3, 0.4) is 0 Å². The van der Waals surface area contributed by atoms with Crippen LogP contribution in [0.5, 0.6) is 0 Å². The van der Waals surface area contributed by atoms with E-state index < -0.39 is 0 Å². The second-order valence-electron chi connectivity index (χ2n) is 6.34. The Labute approximate surface area is 169 Å². The van der Waals surface area contributed by atoms with Crippen molar-refractivity contribution in [3.63, 3.8) is 0 Å². The number of halogens is 1. The Morgan fingerprint density at radius 2 is 1.96 bits per heavy atom. The summed E-state index contributed by atoms with van der Waals surface area (Å²) in [6.45, 7) is 4.07. The molecule has 4 rings (SSSR count). The van der Waals surface area contributed by atoms with Crippen molar-refractivity contribution >= 4 is 55.8 Å². The van der Waals surface area contributed by atoms with Crippen molar-refractivity contribution < 1.29 is 4.79 Å². The molecule has 0 atom stereocenters. The standard InChI is InChI=1S/C20H17BrN4OS/c1-12-7-8-16(15(21)9-12)22-19(26)11-27-20-24-23-18-10-13(2)14-5-3-4-6-17(14)25(18)20/h3-10H,11H2,1-2H3,(H,22,26).